The first kappa shape index (κ1) is 12.4. The quantitative estimate of drug-likeness (QED) is 0.806. The molecule has 2 rings (SSSR count). The number of alkyl halides is 1. The molecule has 0 bridgehead atoms. The summed E-state index contributed by atoms with van der Waals surface area (Å²) in [5, 5.41) is 0. The van der Waals surface area contributed by atoms with Gasteiger partial charge in [-0.3, -0.25) is 4.79 Å². The van der Waals surface area contributed by atoms with Crippen LogP contribution in [0.5, 0.6) is 0 Å². The zero-order valence-electron chi connectivity index (χ0n) is 8.95. The van der Waals surface area contributed by atoms with E-state index in [0.29, 0.717) is 23.4 Å². The van der Waals surface area contributed by atoms with Crippen LogP contribution < -0.4 is 5.43 Å². The number of hydrogen-bond acceptors (Lipinski definition) is 2. The molecule has 0 spiro atoms. The molecule has 1 heterocycles. The van der Waals surface area contributed by atoms with Crippen LogP contribution in [0.25, 0.3) is 11.1 Å². The second-order valence-corrected chi connectivity index (χ2v) is 4.79. The molecule has 0 atom stereocenters. The molecule has 0 aliphatic rings. The smallest absolute Gasteiger partial charge is 0.195 e. The highest BCUT2D eigenvalue weighted by Gasteiger charge is 2.10. The number of halogens is 2. The predicted molar refractivity (Wildman–Crippen MR) is 72.5 cm³/mol. The number of rotatable bonds is 3. The molecule has 0 saturated carbocycles. The second kappa shape index (κ2) is 5.52. The molecule has 0 aliphatic carbocycles. The van der Waals surface area contributed by atoms with E-state index in [4.69, 9.17) is 16.0 Å². The summed E-state index contributed by atoms with van der Waals surface area (Å²) >= 11 is 9.07. The highest BCUT2D eigenvalue weighted by Crippen LogP contribution is 2.25. The Balaban J connectivity index is 2.57. The van der Waals surface area contributed by atoms with Crippen molar-refractivity contribution in [2.45, 2.75) is 6.42 Å². The van der Waals surface area contributed by atoms with Crippen LogP contribution in [0.4, 0.5) is 0 Å². The normalized spacial score (nSPS) is 10.5. The lowest BCUT2D eigenvalue weighted by molar-refractivity contribution is 0.543. The van der Waals surface area contributed by atoms with Gasteiger partial charge in [0.25, 0.3) is 0 Å². The molecule has 0 fully saturated rings. The summed E-state index contributed by atoms with van der Waals surface area (Å²) in [7, 11) is 0. The first-order valence-corrected chi connectivity index (χ1v) is 6.47. The third-order valence-corrected chi connectivity index (χ3v) is 3.34. The monoisotopic (exact) mass is 312 g/mol. The van der Waals surface area contributed by atoms with Gasteiger partial charge in [0.1, 0.15) is 6.26 Å². The van der Waals surface area contributed by atoms with Crippen LogP contribution in [-0.4, -0.2) is 5.88 Å². The van der Waals surface area contributed by atoms with Crippen molar-refractivity contribution in [2.75, 3.05) is 5.88 Å². The molecule has 0 unspecified atom stereocenters. The van der Waals surface area contributed by atoms with E-state index in [2.05, 4.69) is 15.9 Å². The fraction of sp³-hybridized carbons (Fsp3) is 0.154. The Bertz CT molecular complexity index is 578. The molecule has 0 amide bonds. The van der Waals surface area contributed by atoms with E-state index in [9.17, 15) is 4.79 Å². The molecule has 2 nitrogen and oxygen atoms in total. The van der Waals surface area contributed by atoms with Crippen molar-refractivity contribution >= 4 is 27.5 Å². The number of hydrogen-bond donors (Lipinski definition) is 0. The van der Waals surface area contributed by atoms with Gasteiger partial charge in [0.15, 0.2) is 5.43 Å². The molecular weight excluding hydrogens is 303 g/mol. The first-order chi connectivity index (χ1) is 8.24. The van der Waals surface area contributed by atoms with E-state index in [1.807, 2.05) is 24.3 Å². The summed E-state index contributed by atoms with van der Waals surface area (Å²) < 4.78 is 6.07. The number of benzene rings is 1. The van der Waals surface area contributed by atoms with Crippen molar-refractivity contribution in [1.82, 2.24) is 0 Å². The Kier molecular flexibility index (Phi) is 4.02. The van der Waals surface area contributed by atoms with Gasteiger partial charge in [-0.05, 0) is 12.5 Å². The highest BCUT2D eigenvalue weighted by atomic mass is 79.9. The Morgan fingerprint density at radius 1 is 1.18 bits per heavy atom. The Hall–Kier alpha value is -1.06. The van der Waals surface area contributed by atoms with Crippen molar-refractivity contribution < 1.29 is 4.42 Å². The SMILES string of the molecule is O=c1c(CCCl)cocc1-c1ccccc1Br. The summed E-state index contributed by atoms with van der Waals surface area (Å²) in [6, 6.07) is 7.55. The van der Waals surface area contributed by atoms with Gasteiger partial charge in [0.2, 0.25) is 0 Å². The van der Waals surface area contributed by atoms with Crippen molar-refractivity contribution in [1.29, 1.82) is 0 Å². The summed E-state index contributed by atoms with van der Waals surface area (Å²) in [4.78, 5) is 12.2. The summed E-state index contributed by atoms with van der Waals surface area (Å²) in [5.41, 5.74) is 1.97. The average molecular weight is 314 g/mol. The van der Waals surface area contributed by atoms with Gasteiger partial charge in [-0.2, -0.15) is 0 Å². The van der Waals surface area contributed by atoms with Gasteiger partial charge >= 0.3 is 0 Å². The zero-order valence-corrected chi connectivity index (χ0v) is 11.3. The van der Waals surface area contributed by atoms with E-state index in [0.717, 1.165) is 10.0 Å². The maximum atomic E-state index is 12.2. The molecule has 1 aromatic heterocycles. The second-order valence-electron chi connectivity index (χ2n) is 3.56. The minimum Gasteiger partial charge on any atom is -0.471 e. The molecule has 0 radical (unpaired) electrons. The molecule has 17 heavy (non-hydrogen) atoms. The largest absolute Gasteiger partial charge is 0.471 e. The highest BCUT2D eigenvalue weighted by molar-refractivity contribution is 9.10. The molecule has 0 aliphatic heterocycles. The van der Waals surface area contributed by atoms with Crippen molar-refractivity contribution in [2.24, 2.45) is 0 Å². The van der Waals surface area contributed by atoms with E-state index < -0.39 is 0 Å². The van der Waals surface area contributed by atoms with Gasteiger partial charge in [-0.25, -0.2) is 0 Å². The maximum Gasteiger partial charge on any atom is 0.195 e. The topological polar surface area (TPSA) is 30.2 Å². The lowest BCUT2D eigenvalue weighted by Crippen LogP contribution is -2.11. The van der Waals surface area contributed by atoms with Gasteiger partial charge < -0.3 is 4.42 Å². The third kappa shape index (κ3) is 2.61. The predicted octanol–water partition coefficient (Wildman–Crippen LogP) is 3.85. The molecule has 88 valence electrons. The van der Waals surface area contributed by atoms with E-state index in [1.165, 1.54) is 12.5 Å². The molecule has 0 saturated heterocycles. The third-order valence-electron chi connectivity index (χ3n) is 2.46. The van der Waals surface area contributed by atoms with Gasteiger partial charge in [-0.15, -0.1) is 11.6 Å². The Labute approximate surface area is 112 Å². The lowest BCUT2D eigenvalue weighted by Gasteiger charge is -2.04. The Morgan fingerprint density at radius 2 is 1.94 bits per heavy atom. The van der Waals surface area contributed by atoms with Crippen molar-refractivity contribution in [3.05, 3.63) is 57.1 Å². The van der Waals surface area contributed by atoms with E-state index >= 15 is 0 Å². The van der Waals surface area contributed by atoms with Gasteiger partial charge in [0, 0.05) is 21.5 Å². The van der Waals surface area contributed by atoms with Crippen LogP contribution in [0.15, 0.2) is 50.5 Å². The molecule has 4 heteroatoms. The van der Waals surface area contributed by atoms with Gasteiger partial charge in [0.05, 0.1) is 11.8 Å². The minimum atomic E-state index is -0.0243. The van der Waals surface area contributed by atoms with Crippen LogP contribution in [0.2, 0.25) is 0 Å². The summed E-state index contributed by atoms with van der Waals surface area (Å²) in [6.45, 7) is 0. The fourth-order valence-electron chi connectivity index (χ4n) is 1.60. The molecule has 2 aromatic rings. The van der Waals surface area contributed by atoms with Gasteiger partial charge in [-0.1, -0.05) is 34.1 Å². The summed E-state index contributed by atoms with van der Waals surface area (Å²) in [5.74, 6) is 0.407. The summed E-state index contributed by atoms with van der Waals surface area (Å²) in [6.07, 6.45) is 3.45. The number of aryl methyl sites for hydroxylation is 1. The van der Waals surface area contributed by atoms with Crippen molar-refractivity contribution in [3.8, 4) is 11.1 Å². The Morgan fingerprint density at radius 3 is 2.65 bits per heavy atom. The average Bonchev–Trinajstić information content (AvgIpc) is 2.33. The zero-order chi connectivity index (χ0) is 12.3. The minimum absolute atomic E-state index is 0.0243. The maximum absolute atomic E-state index is 12.2. The van der Waals surface area contributed by atoms with Crippen LogP contribution in [0, 0.1) is 0 Å². The lowest BCUT2D eigenvalue weighted by atomic mass is 10.1. The molecular formula is C13H10BrClO2. The van der Waals surface area contributed by atoms with Crippen LogP contribution in [-0.2, 0) is 6.42 Å². The van der Waals surface area contributed by atoms with E-state index in [1.54, 1.807) is 0 Å². The van der Waals surface area contributed by atoms with Crippen LogP contribution >= 0.6 is 27.5 Å². The van der Waals surface area contributed by atoms with Crippen LogP contribution in [0.3, 0.4) is 0 Å². The first-order valence-electron chi connectivity index (χ1n) is 5.14. The molecule has 0 N–H and O–H groups in total. The van der Waals surface area contributed by atoms with Crippen LogP contribution in [0.1, 0.15) is 5.56 Å². The van der Waals surface area contributed by atoms with Crippen molar-refractivity contribution in [3.63, 3.8) is 0 Å². The van der Waals surface area contributed by atoms with E-state index in [-0.39, 0.29) is 5.43 Å². The molecule has 1 aromatic carbocycles. The standard InChI is InChI=1S/C13H10BrClO2/c14-12-4-2-1-3-10(12)11-8-17-7-9(5-6-15)13(11)16/h1-4,7-8H,5-6H2. The fourth-order valence-corrected chi connectivity index (χ4v) is 2.31.